The van der Waals surface area contributed by atoms with Gasteiger partial charge < -0.3 is 10.0 Å². The lowest BCUT2D eigenvalue weighted by Crippen LogP contribution is -2.40. The molecule has 0 saturated carbocycles. The SMILES string of the molecule is CCc1ccc(CN2CCC(C(=O)O)CC2=O)cc1. The number of carboxylic acids is 1. The largest absolute Gasteiger partial charge is 0.481 e. The maximum absolute atomic E-state index is 11.9. The number of carboxylic acid groups (broad SMARTS) is 1. The first-order chi connectivity index (χ1) is 9.10. The topological polar surface area (TPSA) is 57.6 Å². The molecule has 1 aromatic carbocycles. The van der Waals surface area contributed by atoms with Crippen molar-refractivity contribution in [2.75, 3.05) is 6.54 Å². The van der Waals surface area contributed by atoms with Gasteiger partial charge in [-0.05, 0) is 24.0 Å². The van der Waals surface area contributed by atoms with Crippen molar-refractivity contribution in [2.24, 2.45) is 5.92 Å². The third-order valence-corrected chi connectivity index (χ3v) is 3.68. The molecule has 0 aliphatic carbocycles. The number of carbonyl (C=O) groups excluding carboxylic acids is 1. The van der Waals surface area contributed by atoms with Gasteiger partial charge in [0.05, 0.1) is 5.92 Å². The van der Waals surface area contributed by atoms with Crippen LogP contribution in [0.3, 0.4) is 0 Å². The zero-order chi connectivity index (χ0) is 13.8. The lowest BCUT2D eigenvalue weighted by molar-refractivity contribution is -0.149. The Balaban J connectivity index is 1.96. The highest BCUT2D eigenvalue weighted by Crippen LogP contribution is 2.20. The van der Waals surface area contributed by atoms with Crippen molar-refractivity contribution >= 4 is 11.9 Å². The Morgan fingerprint density at radius 3 is 2.47 bits per heavy atom. The van der Waals surface area contributed by atoms with Gasteiger partial charge in [-0.3, -0.25) is 9.59 Å². The Kier molecular flexibility index (Phi) is 4.20. The van der Waals surface area contributed by atoms with Crippen molar-refractivity contribution in [2.45, 2.75) is 32.7 Å². The van der Waals surface area contributed by atoms with Crippen LogP contribution >= 0.6 is 0 Å². The summed E-state index contributed by atoms with van der Waals surface area (Å²) in [5, 5.41) is 8.92. The van der Waals surface area contributed by atoms with Gasteiger partial charge in [-0.15, -0.1) is 0 Å². The number of hydrogen-bond donors (Lipinski definition) is 1. The first-order valence-corrected chi connectivity index (χ1v) is 6.68. The molecule has 1 aliphatic heterocycles. The number of piperidine rings is 1. The van der Waals surface area contributed by atoms with Crippen LogP contribution in [0.1, 0.15) is 30.9 Å². The molecule has 2 rings (SSSR count). The third kappa shape index (κ3) is 3.34. The van der Waals surface area contributed by atoms with Gasteiger partial charge in [0, 0.05) is 19.5 Å². The van der Waals surface area contributed by atoms with Crippen molar-refractivity contribution in [1.82, 2.24) is 4.90 Å². The number of benzene rings is 1. The molecular weight excluding hydrogens is 242 g/mol. The highest BCUT2D eigenvalue weighted by molar-refractivity contribution is 5.83. The second-order valence-electron chi connectivity index (χ2n) is 5.01. The molecule has 1 aromatic rings. The molecule has 0 spiro atoms. The first-order valence-electron chi connectivity index (χ1n) is 6.68. The van der Waals surface area contributed by atoms with Gasteiger partial charge >= 0.3 is 5.97 Å². The summed E-state index contributed by atoms with van der Waals surface area (Å²) in [4.78, 5) is 24.5. The maximum atomic E-state index is 11.9. The van der Waals surface area contributed by atoms with E-state index in [1.165, 1.54) is 5.56 Å². The molecule has 19 heavy (non-hydrogen) atoms. The van der Waals surface area contributed by atoms with E-state index in [-0.39, 0.29) is 12.3 Å². The lowest BCUT2D eigenvalue weighted by Gasteiger charge is -2.30. The van der Waals surface area contributed by atoms with E-state index < -0.39 is 11.9 Å². The fourth-order valence-corrected chi connectivity index (χ4v) is 2.36. The summed E-state index contributed by atoms with van der Waals surface area (Å²) < 4.78 is 0. The maximum Gasteiger partial charge on any atom is 0.307 e. The average Bonchev–Trinajstić information content (AvgIpc) is 2.41. The standard InChI is InChI=1S/C15H19NO3/c1-2-11-3-5-12(6-4-11)10-16-8-7-13(15(18)19)9-14(16)17/h3-6,13H,2,7-10H2,1H3,(H,18,19). The number of hydrogen-bond acceptors (Lipinski definition) is 2. The van der Waals surface area contributed by atoms with E-state index in [1.54, 1.807) is 4.90 Å². The van der Waals surface area contributed by atoms with Crippen LogP contribution in [0.4, 0.5) is 0 Å². The fraction of sp³-hybridized carbons (Fsp3) is 0.467. The Hall–Kier alpha value is -1.84. The number of amides is 1. The molecule has 1 heterocycles. The molecular formula is C15H19NO3. The third-order valence-electron chi connectivity index (χ3n) is 3.68. The summed E-state index contributed by atoms with van der Waals surface area (Å²) in [6.45, 7) is 3.22. The molecule has 1 aliphatic rings. The van der Waals surface area contributed by atoms with Crippen LogP contribution < -0.4 is 0 Å². The van der Waals surface area contributed by atoms with Crippen LogP contribution in [0.15, 0.2) is 24.3 Å². The van der Waals surface area contributed by atoms with Crippen molar-refractivity contribution in [3.05, 3.63) is 35.4 Å². The van der Waals surface area contributed by atoms with Gasteiger partial charge in [0.15, 0.2) is 0 Å². The normalized spacial score (nSPS) is 19.5. The Morgan fingerprint density at radius 2 is 1.95 bits per heavy atom. The van der Waals surface area contributed by atoms with Crippen LogP contribution in [-0.2, 0) is 22.6 Å². The molecule has 102 valence electrons. The molecule has 0 bridgehead atoms. The molecule has 4 heteroatoms. The van der Waals surface area contributed by atoms with Crippen LogP contribution in [-0.4, -0.2) is 28.4 Å². The van der Waals surface area contributed by atoms with Gasteiger partial charge in [0.25, 0.3) is 0 Å². The van der Waals surface area contributed by atoms with Gasteiger partial charge in [-0.25, -0.2) is 0 Å². The van der Waals surface area contributed by atoms with Crippen LogP contribution in [0.5, 0.6) is 0 Å². The molecule has 1 N–H and O–H groups in total. The molecule has 1 fully saturated rings. The van der Waals surface area contributed by atoms with Crippen molar-refractivity contribution < 1.29 is 14.7 Å². The van der Waals surface area contributed by atoms with E-state index in [0.29, 0.717) is 19.5 Å². The number of carbonyl (C=O) groups is 2. The summed E-state index contributed by atoms with van der Waals surface area (Å²) in [5.41, 5.74) is 2.37. The minimum absolute atomic E-state index is 0.0572. The predicted octanol–water partition coefficient (Wildman–Crippen LogP) is 2.07. The van der Waals surface area contributed by atoms with E-state index in [4.69, 9.17) is 5.11 Å². The van der Waals surface area contributed by atoms with E-state index in [0.717, 1.165) is 12.0 Å². The highest BCUT2D eigenvalue weighted by Gasteiger charge is 2.29. The smallest absolute Gasteiger partial charge is 0.307 e. The second-order valence-corrected chi connectivity index (χ2v) is 5.01. The average molecular weight is 261 g/mol. The lowest BCUT2D eigenvalue weighted by atomic mass is 9.96. The minimum atomic E-state index is -0.861. The molecule has 1 saturated heterocycles. The first kappa shape index (κ1) is 13.6. The van der Waals surface area contributed by atoms with Crippen LogP contribution in [0, 0.1) is 5.92 Å². The number of aryl methyl sites for hydroxylation is 1. The van der Waals surface area contributed by atoms with Crippen molar-refractivity contribution in [3.63, 3.8) is 0 Å². The summed E-state index contributed by atoms with van der Waals surface area (Å²) >= 11 is 0. The van der Waals surface area contributed by atoms with E-state index in [2.05, 4.69) is 19.1 Å². The molecule has 1 amide bonds. The molecule has 0 aromatic heterocycles. The number of nitrogens with zero attached hydrogens (tertiary/aromatic N) is 1. The summed E-state index contributed by atoms with van der Waals surface area (Å²) in [5.74, 6) is -1.43. The molecule has 4 nitrogen and oxygen atoms in total. The quantitative estimate of drug-likeness (QED) is 0.902. The van der Waals surface area contributed by atoms with E-state index in [9.17, 15) is 9.59 Å². The monoisotopic (exact) mass is 261 g/mol. The summed E-state index contributed by atoms with van der Waals surface area (Å²) in [6.07, 6.45) is 1.68. The van der Waals surface area contributed by atoms with Crippen molar-refractivity contribution in [3.8, 4) is 0 Å². The van der Waals surface area contributed by atoms with Gasteiger partial charge in [-0.2, -0.15) is 0 Å². The van der Waals surface area contributed by atoms with E-state index in [1.807, 2.05) is 12.1 Å². The van der Waals surface area contributed by atoms with Crippen LogP contribution in [0.25, 0.3) is 0 Å². The Bertz CT molecular complexity index is 467. The molecule has 0 radical (unpaired) electrons. The minimum Gasteiger partial charge on any atom is -0.481 e. The van der Waals surface area contributed by atoms with E-state index >= 15 is 0 Å². The number of rotatable bonds is 4. The summed E-state index contributed by atoms with van der Waals surface area (Å²) in [7, 11) is 0. The van der Waals surface area contributed by atoms with Crippen LogP contribution in [0.2, 0.25) is 0 Å². The second kappa shape index (κ2) is 5.87. The van der Waals surface area contributed by atoms with Crippen molar-refractivity contribution in [1.29, 1.82) is 0 Å². The van der Waals surface area contributed by atoms with Gasteiger partial charge in [0.1, 0.15) is 0 Å². The molecule has 1 atom stereocenters. The Labute approximate surface area is 113 Å². The summed E-state index contributed by atoms with van der Waals surface area (Å²) in [6, 6.07) is 8.22. The zero-order valence-corrected chi connectivity index (χ0v) is 11.1. The predicted molar refractivity (Wildman–Crippen MR) is 71.6 cm³/mol. The Morgan fingerprint density at radius 1 is 1.32 bits per heavy atom. The fourth-order valence-electron chi connectivity index (χ4n) is 2.36. The molecule has 1 unspecified atom stereocenters. The zero-order valence-electron chi connectivity index (χ0n) is 11.1. The van der Waals surface area contributed by atoms with Gasteiger partial charge in [-0.1, -0.05) is 31.2 Å². The van der Waals surface area contributed by atoms with Gasteiger partial charge in [0.2, 0.25) is 5.91 Å². The highest BCUT2D eigenvalue weighted by atomic mass is 16.4. The number of likely N-dealkylation sites (tertiary alicyclic amines) is 1. The number of aliphatic carboxylic acids is 1.